The van der Waals surface area contributed by atoms with Gasteiger partial charge in [0.1, 0.15) is 11.6 Å². The maximum absolute atomic E-state index is 5.63. The molecule has 16 heavy (non-hydrogen) atoms. The molecule has 0 aliphatic heterocycles. The number of hydrogen-bond acceptors (Lipinski definition) is 5. The minimum atomic E-state index is 0.460. The van der Waals surface area contributed by atoms with Gasteiger partial charge in [-0.3, -0.25) is 4.98 Å². The molecule has 2 heterocycles. The molecule has 0 saturated heterocycles. The maximum Gasteiger partial charge on any atom is 0.149 e. The second-order valence-electron chi connectivity index (χ2n) is 3.40. The van der Waals surface area contributed by atoms with E-state index < -0.39 is 0 Å². The predicted molar refractivity (Wildman–Crippen MR) is 67.5 cm³/mol. The van der Waals surface area contributed by atoms with E-state index in [2.05, 4.69) is 39.3 Å². The maximum atomic E-state index is 5.63. The Morgan fingerprint density at radius 3 is 2.94 bits per heavy atom. The molecule has 2 rings (SSSR count). The minimum Gasteiger partial charge on any atom is -0.382 e. The minimum absolute atomic E-state index is 0.460. The van der Waals surface area contributed by atoms with E-state index in [1.807, 2.05) is 0 Å². The van der Waals surface area contributed by atoms with Gasteiger partial charge in [-0.2, -0.15) is 0 Å². The fourth-order valence-electron chi connectivity index (χ4n) is 1.47. The first-order valence-electron chi connectivity index (χ1n) is 5.14. The van der Waals surface area contributed by atoms with Gasteiger partial charge in [0.25, 0.3) is 0 Å². The van der Waals surface area contributed by atoms with Gasteiger partial charge in [0.2, 0.25) is 0 Å². The molecule has 0 radical (unpaired) electrons. The number of nitrogens with two attached hydrogens (primary N) is 1. The first-order valence-corrected chi connectivity index (χ1v) is 6.02. The van der Waals surface area contributed by atoms with Crippen LogP contribution in [-0.4, -0.2) is 16.5 Å². The largest absolute Gasteiger partial charge is 0.382 e. The van der Waals surface area contributed by atoms with Gasteiger partial charge in [0, 0.05) is 11.4 Å². The Kier molecular flexibility index (Phi) is 3.36. The van der Waals surface area contributed by atoms with Gasteiger partial charge >= 0.3 is 0 Å². The van der Waals surface area contributed by atoms with E-state index in [0.717, 1.165) is 18.9 Å². The molecule has 0 amide bonds. The van der Waals surface area contributed by atoms with Crippen LogP contribution in [0.2, 0.25) is 0 Å². The van der Waals surface area contributed by atoms with Crippen molar-refractivity contribution < 1.29 is 0 Å². The summed E-state index contributed by atoms with van der Waals surface area (Å²) in [7, 11) is 0. The fourth-order valence-corrected chi connectivity index (χ4v) is 2.19. The van der Waals surface area contributed by atoms with E-state index in [-0.39, 0.29) is 0 Å². The second-order valence-corrected chi connectivity index (χ2v) is 4.43. The van der Waals surface area contributed by atoms with Gasteiger partial charge in [-0.25, -0.2) is 4.98 Å². The average Bonchev–Trinajstić information content (AvgIpc) is 2.78. The first kappa shape index (κ1) is 10.9. The molecule has 0 atom stereocenters. The molecule has 5 heteroatoms. The monoisotopic (exact) mass is 234 g/mol. The zero-order valence-corrected chi connectivity index (χ0v) is 9.94. The molecule has 4 nitrogen and oxygen atoms in total. The number of nitrogens with zero attached hydrogens (tertiary/aromatic N) is 3. The summed E-state index contributed by atoms with van der Waals surface area (Å²) in [6.07, 6.45) is 3.30. The van der Waals surface area contributed by atoms with Crippen LogP contribution in [0.15, 0.2) is 29.9 Å². The fraction of sp³-hybridized carbons (Fsp3) is 0.273. The van der Waals surface area contributed by atoms with Crippen molar-refractivity contribution in [2.24, 2.45) is 0 Å². The summed E-state index contributed by atoms with van der Waals surface area (Å²) in [5.74, 6) is 1.29. The van der Waals surface area contributed by atoms with Crippen molar-refractivity contribution in [2.45, 2.75) is 13.5 Å². The molecule has 0 spiro atoms. The van der Waals surface area contributed by atoms with Crippen molar-refractivity contribution in [1.82, 2.24) is 9.97 Å². The Morgan fingerprint density at radius 2 is 2.31 bits per heavy atom. The molecule has 0 aromatic carbocycles. The van der Waals surface area contributed by atoms with Crippen molar-refractivity contribution in [3.63, 3.8) is 0 Å². The molecule has 0 fully saturated rings. The summed E-state index contributed by atoms with van der Waals surface area (Å²) >= 11 is 1.74. The van der Waals surface area contributed by atoms with Gasteiger partial charge < -0.3 is 10.6 Å². The van der Waals surface area contributed by atoms with Crippen molar-refractivity contribution in [3.05, 3.63) is 34.8 Å². The van der Waals surface area contributed by atoms with Crippen molar-refractivity contribution >= 4 is 23.0 Å². The first-order chi connectivity index (χ1) is 7.79. The van der Waals surface area contributed by atoms with Gasteiger partial charge in [0.15, 0.2) is 0 Å². The number of hydrogen-bond donors (Lipinski definition) is 1. The molecule has 2 aromatic heterocycles. The van der Waals surface area contributed by atoms with Gasteiger partial charge in [-0.05, 0) is 18.4 Å². The average molecular weight is 234 g/mol. The molecule has 0 saturated carbocycles. The quantitative estimate of drug-likeness (QED) is 0.880. The summed E-state index contributed by atoms with van der Waals surface area (Å²) < 4.78 is 0. The highest BCUT2D eigenvalue weighted by atomic mass is 32.1. The Morgan fingerprint density at radius 1 is 1.44 bits per heavy atom. The van der Waals surface area contributed by atoms with Gasteiger partial charge in [-0.1, -0.05) is 6.07 Å². The van der Waals surface area contributed by atoms with E-state index in [0.29, 0.717) is 5.82 Å². The van der Waals surface area contributed by atoms with Crippen LogP contribution >= 0.6 is 11.3 Å². The second kappa shape index (κ2) is 4.94. The lowest BCUT2D eigenvalue weighted by Gasteiger charge is -2.20. The molecule has 84 valence electrons. The third-order valence-electron chi connectivity index (χ3n) is 2.27. The van der Waals surface area contributed by atoms with Crippen LogP contribution in [0.3, 0.4) is 0 Å². The van der Waals surface area contributed by atoms with E-state index in [4.69, 9.17) is 5.73 Å². The predicted octanol–water partition coefficient (Wildman–Crippen LogP) is 2.15. The van der Waals surface area contributed by atoms with E-state index >= 15 is 0 Å². The Hall–Kier alpha value is -1.62. The topological polar surface area (TPSA) is 55.0 Å². The van der Waals surface area contributed by atoms with Crippen molar-refractivity contribution in [1.29, 1.82) is 0 Å². The molecule has 2 N–H and O–H groups in total. The standard InChI is InChI=1S/C11H14N4S/c1-2-15(8-9-4-3-5-16-9)11-7-13-6-10(12)14-11/h3-7H,2,8H2,1H3,(H2,12,14). The third kappa shape index (κ3) is 2.49. The summed E-state index contributed by atoms with van der Waals surface area (Å²) in [6.45, 7) is 3.83. The van der Waals surface area contributed by atoms with Crippen LogP contribution in [-0.2, 0) is 6.54 Å². The van der Waals surface area contributed by atoms with Crippen molar-refractivity contribution in [2.75, 3.05) is 17.2 Å². The lowest BCUT2D eigenvalue weighted by molar-refractivity contribution is 0.819. The van der Waals surface area contributed by atoms with Crippen LogP contribution in [0.1, 0.15) is 11.8 Å². The van der Waals surface area contributed by atoms with E-state index in [9.17, 15) is 0 Å². The molecule has 2 aromatic rings. The molecular weight excluding hydrogens is 220 g/mol. The van der Waals surface area contributed by atoms with Gasteiger partial charge in [0.05, 0.1) is 18.9 Å². The number of aromatic nitrogens is 2. The van der Waals surface area contributed by atoms with E-state index in [1.54, 1.807) is 23.7 Å². The molecule has 0 aliphatic rings. The highest BCUT2D eigenvalue weighted by Crippen LogP contribution is 2.17. The Labute approximate surface area is 98.8 Å². The molecular formula is C11H14N4S. The number of thiophene rings is 1. The van der Waals surface area contributed by atoms with Gasteiger partial charge in [-0.15, -0.1) is 11.3 Å². The zero-order chi connectivity index (χ0) is 11.4. The molecule has 0 bridgehead atoms. The smallest absolute Gasteiger partial charge is 0.149 e. The Balaban J connectivity index is 2.16. The normalized spacial score (nSPS) is 10.3. The summed E-state index contributed by atoms with van der Waals surface area (Å²) in [4.78, 5) is 11.8. The number of rotatable bonds is 4. The lowest BCUT2D eigenvalue weighted by Crippen LogP contribution is -2.23. The molecule has 0 aliphatic carbocycles. The van der Waals surface area contributed by atoms with Crippen LogP contribution in [0.5, 0.6) is 0 Å². The zero-order valence-electron chi connectivity index (χ0n) is 9.13. The highest BCUT2D eigenvalue weighted by molar-refractivity contribution is 7.09. The number of nitrogen functional groups attached to an aromatic ring is 1. The van der Waals surface area contributed by atoms with Crippen LogP contribution in [0.25, 0.3) is 0 Å². The summed E-state index contributed by atoms with van der Waals surface area (Å²) in [5.41, 5.74) is 5.63. The van der Waals surface area contributed by atoms with E-state index in [1.165, 1.54) is 4.88 Å². The summed E-state index contributed by atoms with van der Waals surface area (Å²) in [6, 6.07) is 4.17. The van der Waals surface area contributed by atoms with Crippen LogP contribution < -0.4 is 10.6 Å². The van der Waals surface area contributed by atoms with Crippen LogP contribution in [0.4, 0.5) is 11.6 Å². The molecule has 0 unspecified atom stereocenters. The summed E-state index contributed by atoms with van der Waals surface area (Å²) in [5, 5.41) is 2.08. The van der Waals surface area contributed by atoms with Crippen LogP contribution in [0, 0.1) is 0 Å². The number of anilines is 2. The third-order valence-corrected chi connectivity index (χ3v) is 3.13. The Bertz CT molecular complexity index is 441. The van der Waals surface area contributed by atoms with Crippen molar-refractivity contribution in [3.8, 4) is 0 Å². The highest BCUT2D eigenvalue weighted by Gasteiger charge is 2.07. The lowest BCUT2D eigenvalue weighted by atomic mass is 10.4. The SMILES string of the molecule is CCN(Cc1cccs1)c1cncc(N)n1.